The van der Waals surface area contributed by atoms with E-state index >= 15 is 0 Å². The minimum atomic E-state index is -0.0969. The van der Waals surface area contributed by atoms with Gasteiger partial charge in [-0.05, 0) is 49.2 Å². The molecule has 0 aromatic heterocycles. The van der Waals surface area contributed by atoms with Crippen LogP contribution >= 0.6 is 0 Å². The zero-order valence-corrected chi connectivity index (χ0v) is 10.3. The predicted molar refractivity (Wildman–Crippen MR) is 64.3 cm³/mol. The second-order valence-corrected chi connectivity index (χ2v) is 6.54. The average Bonchev–Trinajstić information content (AvgIpc) is 2.87. The van der Waals surface area contributed by atoms with Crippen molar-refractivity contribution < 1.29 is 14.2 Å². The molecule has 3 heteroatoms. The van der Waals surface area contributed by atoms with Gasteiger partial charge < -0.3 is 14.2 Å². The standard InChI is InChI=1S/C15H18O3/c1-4-15-8-10-7-9(1)13(18-10)11(15)2-5-16-14-12(15)3-6-17-14/h2-3,5-6,9-14H,1,4,7-8H2. The molecule has 2 saturated heterocycles. The molecule has 18 heavy (non-hydrogen) atoms. The quantitative estimate of drug-likeness (QED) is 0.657. The third-order valence-corrected chi connectivity index (χ3v) is 5.94. The van der Waals surface area contributed by atoms with E-state index in [0.717, 1.165) is 5.92 Å². The maximum atomic E-state index is 6.23. The Hall–Kier alpha value is -0.960. The van der Waals surface area contributed by atoms with Crippen molar-refractivity contribution in [1.82, 2.24) is 0 Å². The van der Waals surface area contributed by atoms with Crippen molar-refractivity contribution in [2.75, 3.05) is 0 Å². The zero-order chi connectivity index (χ0) is 11.7. The molecule has 7 atom stereocenters. The first kappa shape index (κ1) is 9.90. The molecule has 1 aliphatic carbocycles. The number of hydrogen-bond donors (Lipinski definition) is 0. The summed E-state index contributed by atoms with van der Waals surface area (Å²) < 4.78 is 17.6. The molecular formula is C15H18O3. The van der Waals surface area contributed by atoms with Gasteiger partial charge in [0.1, 0.15) is 0 Å². The first-order valence-corrected chi connectivity index (χ1v) is 7.16. The van der Waals surface area contributed by atoms with Crippen LogP contribution in [-0.4, -0.2) is 18.5 Å². The van der Waals surface area contributed by atoms with Gasteiger partial charge in [-0.15, -0.1) is 0 Å². The van der Waals surface area contributed by atoms with Crippen LogP contribution in [0.2, 0.25) is 0 Å². The average molecular weight is 246 g/mol. The van der Waals surface area contributed by atoms with Gasteiger partial charge in [0.25, 0.3) is 0 Å². The van der Waals surface area contributed by atoms with Crippen LogP contribution in [0.15, 0.2) is 24.7 Å². The molecule has 5 aliphatic rings. The van der Waals surface area contributed by atoms with Crippen LogP contribution < -0.4 is 0 Å². The molecule has 4 aliphatic heterocycles. The molecule has 3 fully saturated rings. The Morgan fingerprint density at radius 1 is 1.06 bits per heavy atom. The Balaban J connectivity index is 1.67. The zero-order valence-electron chi connectivity index (χ0n) is 10.3. The summed E-state index contributed by atoms with van der Waals surface area (Å²) in [7, 11) is 0. The summed E-state index contributed by atoms with van der Waals surface area (Å²) in [5, 5.41) is 0. The van der Waals surface area contributed by atoms with Crippen LogP contribution in [0.4, 0.5) is 0 Å². The van der Waals surface area contributed by atoms with Gasteiger partial charge in [-0.1, -0.05) is 0 Å². The number of rotatable bonds is 0. The number of hydrogen-bond acceptors (Lipinski definition) is 3. The molecule has 0 aromatic rings. The topological polar surface area (TPSA) is 27.7 Å². The molecule has 3 nitrogen and oxygen atoms in total. The van der Waals surface area contributed by atoms with Crippen molar-refractivity contribution in [3.05, 3.63) is 24.7 Å². The van der Waals surface area contributed by atoms with Gasteiger partial charge in [-0.3, -0.25) is 0 Å². The van der Waals surface area contributed by atoms with Crippen molar-refractivity contribution in [3.8, 4) is 0 Å². The summed E-state index contributed by atoms with van der Waals surface area (Å²) in [5.74, 6) is 1.71. The Morgan fingerprint density at radius 2 is 1.89 bits per heavy atom. The fraction of sp³-hybridized carbons (Fsp3) is 0.733. The summed E-state index contributed by atoms with van der Waals surface area (Å²) >= 11 is 0. The van der Waals surface area contributed by atoms with Crippen LogP contribution in [0.5, 0.6) is 0 Å². The van der Waals surface area contributed by atoms with Crippen LogP contribution in [0.25, 0.3) is 0 Å². The van der Waals surface area contributed by atoms with Crippen molar-refractivity contribution in [2.45, 2.75) is 44.2 Å². The molecule has 4 heterocycles. The second kappa shape index (κ2) is 3.13. The lowest BCUT2D eigenvalue weighted by molar-refractivity contribution is -0.170. The maximum Gasteiger partial charge on any atom is 0.246 e. The van der Waals surface area contributed by atoms with Gasteiger partial charge in [-0.25, -0.2) is 0 Å². The molecule has 0 spiro atoms. The smallest absolute Gasteiger partial charge is 0.246 e. The van der Waals surface area contributed by atoms with E-state index in [-0.39, 0.29) is 6.29 Å². The minimum absolute atomic E-state index is 0.0969. The van der Waals surface area contributed by atoms with Gasteiger partial charge in [0.05, 0.1) is 30.6 Å². The van der Waals surface area contributed by atoms with E-state index in [9.17, 15) is 0 Å². The largest absolute Gasteiger partial charge is 0.462 e. The fourth-order valence-electron chi connectivity index (χ4n) is 5.26. The highest BCUT2D eigenvalue weighted by Gasteiger charge is 2.63. The van der Waals surface area contributed by atoms with E-state index in [1.807, 2.05) is 12.5 Å². The van der Waals surface area contributed by atoms with E-state index in [2.05, 4.69) is 12.2 Å². The lowest BCUT2D eigenvalue weighted by atomic mass is 9.56. The third kappa shape index (κ3) is 1.02. The van der Waals surface area contributed by atoms with Crippen molar-refractivity contribution in [1.29, 1.82) is 0 Å². The molecule has 5 rings (SSSR count). The summed E-state index contributed by atoms with van der Waals surface area (Å²) in [4.78, 5) is 0. The van der Waals surface area contributed by atoms with Gasteiger partial charge in [0, 0.05) is 5.92 Å². The second-order valence-electron chi connectivity index (χ2n) is 6.54. The van der Waals surface area contributed by atoms with Crippen LogP contribution in [-0.2, 0) is 14.2 Å². The molecule has 0 aromatic carbocycles. The molecule has 0 amide bonds. The molecular weight excluding hydrogens is 228 g/mol. The van der Waals surface area contributed by atoms with Gasteiger partial charge in [0.2, 0.25) is 6.29 Å². The molecule has 96 valence electrons. The minimum Gasteiger partial charge on any atom is -0.462 e. The van der Waals surface area contributed by atoms with E-state index in [4.69, 9.17) is 14.2 Å². The first-order chi connectivity index (χ1) is 8.87. The molecule has 3 bridgehead atoms. The predicted octanol–water partition coefficient (Wildman–Crippen LogP) is 2.59. The maximum absolute atomic E-state index is 6.23. The number of fused-ring (bicyclic) bond motifs is 2. The first-order valence-electron chi connectivity index (χ1n) is 7.16. The summed E-state index contributed by atoms with van der Waals surface area (Å²) in [5.41, 5.74) is 0.325. The third-order valence-electron chi connectivity index (χ3n) is 5.94. The van der Waals surface area contributed by atoms with Crippen LogP contribution in [0, 0.1) is 23.2 Å². The Kier molecular flexibility index (Phi) is 1.72. The van der Waals surface area contributed by atoms with Crippen LogP contribution in [0.1, 0.15) is 25.7 Å². The van der Waals surface area contributed by atoms with Crippen molar-refractivity contribution in [2.24, 2.45) is 23.2 Å². The summed E-state index contributed by atoms with van der Waals surface area (Å²) in [6.07, 6.45) is 14.1. The number of ether oxygens (including phenoxy) is 3. The Morgan fingerprint density at radius 3 is 2.78 bits per heavy atom. The molecule has 0 N–H and O–H groups in total. The van der Waals surface area contributed by atoms with E-state index in [0.29, 0.717) is 29.5 Å². The Labute approximate surface area is 107 Å². The van der Waals surface area contributed by atoms with Gasteiger partial charge in [-0.2, -0.15) is 0 Å². The van der Waals surface area contributed by atoms with Crippen molar-refractivity contribution >= 4 is 0 Å². The lowest BCUT2D eigenvalue weighted by Crippen LogP contribution is -2.52. The van der Waals surface area contributed by atoms with Gasteiger partial charge in [0.15, 0.2) is 0 Å². The molecule has 1 saturated carbocycles. The van der Waals surface area contributed by atoms with Crippen LogP contribution in [0.3, 0.4) is 0 Å². The SMILES string of the molecule is C1=CC2C(O1)OC=CC1C3OC4CC3CCC21C4. The summed E-state index contributed by atoms with van der Waals surface area (Å²) in [6, 6.07) is 0. The van der Waals surface area contributed by atoms with Gasteiger partial charge >= 0.3 is 0 Å². The highest BCUT2D eigenvalue weighted by molar-refractivity contribution is 5.19. The Bertz CT molecular complexity index is 443. The lowest BCUT2D eigenvalue weighted by Gasteiger charge is -2.52. The highest BCUT2D eigenvalue weighted by Crippen LogP contribution is 2.63. The monoisotopic (exact) mass is 246 g/mol. The van der Waals surface area contributed by atoms with E-state index in [1.165, 1.54) is 25.7 Å². The summed E-state index contributed by atoms with van der Waals surface area (Å²) in [6.45, 7) is 0. The fourth-order valence-corrected chi connectivity index (χ4v) is 5.26. The molecule has 7 unspecified atom stereocenters. The molecule has 0 radical (unpaired) electrons. The van der Waals surface area contributed by atoms with Crippen molar-refractivity contribution in [3.63, 3.8) is 0 Å². The van der Waals surface area contributed by atoms with E-state index in [1.54, 1.807) is 0 Å². The van der Waals surface area contributed by atoms with E-state index < -0.39 is 0 Å². The normalized spacial score (nSPS) is 58.7. The highest BCUT2D eigenvalue weighted by atomic mass is 16.7.